The molecule has 24 heavy (non-hydrogen) atoms. The van der Waals surface area contributed by atoms with Crippen LogP contribution in [0, 0.1) is 11.6 Å². The molecule has 130 valence electrons. The molecule has 0 aromatic heterocycles. The third-order valence-corrected chi connectivity index (χ3v) is 4.02. The lowest BCUT2D eigenvalue weighted by molar-refractivity contribution is 0.130. The minimum absolute atomic E-state index is 0.0660. The van der Waals surface area contributed by atoms with E-state index < -0.39 is 17.7 Å². The Hall–Kier alpha value is -1.98. The predicted octanol–water partition coefficient (Wildman–Crippen LogP) is 3.62. The van der Waals surface area contributed by atoms with E-state index in [1.807, 2.05) is 38.1 Å². The minimum atomic E-state index is -0.958. The van der Waals surface area contributed by atoms with Crippen LogP contribution in [-0.4, -0.2) is 24.3 Å². The fourth-order valence-corrected chi connectivity index (χ4v) is 2.79. The normalized spacial score (nSPS) is 14.9. The zero-order valence-electron chi connectivity index (χ0n) is 14.1. The molecule has 2 rings (SSSR count). The standard InChI is InChI=1S/C19H23F2NO2/c1-12(10-14-6-4-5-7-18(14)24-3)22-13(2)19(23)15-8-9-16(20)17(21)11-15/h4-9,11-13,19,22-23H,10H2,1-3H3. The molecular formula is C19H23F2NO2. The van der Waals surface area contributed by atoms with Crippen LogP contribution in [-0.2, 0) is 6.42 Å². The zero-order valence-corrected chi connectivity index (χ0v) is 14.1. The van der Waals surface area contributed by atoms with Crippen molar-refractivity contribution in [1.82, 2.24) is 5.32 Å². The number of hydrogen-bond acceptors (Lipinski definition) is 3. The highest BCUT2D eigenvalue weighted by Crippen LogP contribution is 2.22. The van der Waals surface area contributed by atoms with Crippen LogP contribution >= 0.6 is 0 Å². The van der Waals surface area contributed by atoms with Crippen molar-refractivity contribution in [2.45, 2.75) is 38.5 Å². The van der Waals surface area contributed by atoms with Gasteiger partial charge in [0.2, 0.25) is 0 Å². The number of hydrogen-bond donors (Lipinski definition) is 2. The summed E-state index contributed by atoms with van der Waals surface area (Å²) in [5, 5.41) is 13.6. The SMILES string of the molecule is COc1ccccc1CC(C)NC(C)C(O)c1ccc(F)c(F)c1. The molecule has 0 heterocycles. The molecule has 2 aromatic rings. The highest BCUT2D eigenvalue weighted by molar-refractivity contribution is 5.33. The summed E-state index contributed by atoms with van der Waals surface area (Å²) in [7, 11) is 1.63. The van der Waals surface area contributed by atoms with Crippen molar-refractivity contribution in [2.24, 2.45) is 0 Å². The molecule has 0 spiro atoms. The number of aliphatic hydroxyl groups excluding tert-OH is 1. The first-order valence-corrected chi connectivity index (χ1v) is 7.93. The van der Waals surface area contributed by atoms with E-state index in [0.29, 0.717) is 5.56 Å². The van der Waals surface area contributed by atoms with Gasteiger partial charge in [-0.1, -0.05) is 24.3 Å². The van der Waals surface area contributed by atoms with Crippen LogP contribution in [0.4, 0.5) is 8.78 Å². The van der Waals surface area contributed by atoms with Crippen LogP contribution in [0.5, 0.6) is 5.75 Å². The summed E-state index contributed by atoms with van der Waals surface area (Å²) in [6, 6.07) is 11.0. The van der Waals surface area contributed by atoms with E-state index in [0.717, 1.165) is 29.9 Å². The summed E-state index contributed by atoms with van der Waals surface area (Å²) in [6.07, 6.45) is -0.209. The van der Waals surface area contributed by atoms with E-state index in [9.17, 15) is 13.9 Å². The van der Waals surface area contributed by atoms with Gasteiger partial charge in [0.15, 0.2) is 11.6 Å². The Morgan fingerprint density at radius 2 is 1.79 bits per heavy atom. The number of benzene rings is 2. The third kappa shape index (κ3) is 4.52. The lowest BCUT2D eigenvalue weighted by Crippen LogP contribution is -2.39. The Morgan fingerprint density at radius 3 is 2.46 bits per heavy atom. The maximum Gasteiger partial charge on any atom is 0.159 e. The molecule has 0 radical (unpaired) electrons. The maximum atomic E-state index is 13.3. The van der Waals surface area contributed by atoms with Gasteiger partial charge in [0.05, 0.1) is 13.2 Å². The Morgan fingerprint density at radius 1 is 1.08 bits per heavy atom. The second kappa shape index (κ2) is 8.22. The Kier molecular flexibility index (Phi) is 6.29. The van der Waals surface area contributed by atoms with E-state index in [4.69, 9.17) is 4.74 Å². The Bertz CT molecular complexity index is 678. The molecule has 0 saturated carbocycles. The summed E-state index contributed by atoms with van der Waals surface area (Å²) in [5.41, 5.74) is 1.41. The predicted molar refractivity (Wildman–Crippen MR) is 90.1 cm³/mol. The first-order chi connectivity index (χ1) is 11.4. The fourth-order valence-electron chi connectivity index (χ4n) is 2.79. The molecule has 0 aliphatic rings. The zero-order chi connectivity index (χ0) is 17.7. The number of aliphatic hydroxyl groups is 1. The largest absolute Gasteiger partial charge is 0.496 e. The maximum absolute atomic E-state index is 13.3. The summed E-state index contributed by atoms with van der Waals surface area (Å²) in [4.78, 5) is 0. The van der Waals surface area contributed by atoms with Crippen molar-refractivity contribution in [1.29, 1.82) is 0 Å². The molecule has 0 aliphatic carbocycles. The van der Waals surface area contributed by atoms with Crippen LogP contribution < -0.4 is 10.1 Å². The number of para-hydroxylation sites is 1. The van der Waals surface area contributed by atoms with Crippen LogP contribution in [0.25, 0.3) is 0 Å². The molecule has 0 aliphatic heterocycles. The van der Waals surface area contributed by atoms with Gasteiger partial charge in [0.25, 0.3) is 0 Å². The number of ether oxygens (including phenoxy) is 1. The molecule has 2 N–H and O–H groups in total. The van der Waals surface area contributed by atoms with Crippen LogP contribution in [0.2, 0.25) is 0 Å². The molecular weight excluding hydrogens is 312 g/mol. The molecule has 0 amide bonds. The highest BCUT2D eigenvalue weighted by Gasteiger charge is 2.20. The van der Waals surface area contributed by atoms with Crippen LogP contribution in [0.15, 0.2) is 42.5 Å². The van der Waals surface area contributed by atoms with Crippen molar-refractivity contribution in [3.05, 3.63) is 65.2 Å². The van der Waals surface area contributed by atoms with Gasteiger partial charge < -0.3 is 15.2 Å². The lowest BCUT2D eigenvalue weighted by atomic mass is 10.0. The van der Waals surface area contributed by atoms with Crippen molar-refractivity contribution in [3.8, 4) is 5.75 Å². The molecule has 5 heteroatoms. The Balaban J connectivity index is 1.99. The van der Waals surface area contributed by atoms with Gasteiger partial charge >= 0.3 is 0 Å². The second-order valence-electron chi connectivity index (χ2n) is 5.99. The van der Waals surface area contributed by atoms with Crippen molar-refractivity contribution in [2.75, 3.05) is 7.11 Å². The van der Waals surface area contributed by atoms with Crippen LogP contribution in [0.3, 0.4) is 0 Å². The van der Waals surface area contributed by atoms with Crippen molar-refractivity contribution in [3.63, 3.8) is 0 Å². The van der Waals surface area contributed by atoms with E-state index >= 15 is 0 Å². The highest BCUT2D eigenvalue weighted by atomic mass is 19.2. The van der Waals surface area contributed by atoms with E-state index in [1.165, 1.54) is 6.07 Å². The van der Waals surface area contributed by atoms with Gasteiger partial charge in [-0.2, -0.15) is 0 Å². The quantitative estimate of drug-likeness (QED) is 0.812. The second-order valence-corrected chi connectivity index (χ2v) is 5.99. The van der Waals surface area contributed by atoms with Crippen LogP contribution in [0.1, 0.15) is 31.1 Å². The summed E-state index contributed by atoms with van der Waals surface area (Å²) < 4.78 is 31.7. The van der Waals surface area contributed by atoms with Crippen molar-refractivity contribution >= 4 is 0 Å². The van der Waals surface area contributed by atoms with Gasteiger partial charge in [-0.15, -0.1) is 0 Å². The van der Waals surface area contributed by atoms with Crippen molar-refractivity contribution < 1.29 is 18.6 Å². The molecule has 0 saturated heterocycles. The monoisotopic (exact) mass is 335 g/mol. The topological polar surface area (TPSA) is 41.5 Å². The summed E-state index contributed by atoms with van der Waals surface area (Å²) in [5.74, 6) is -1.06. The smallest absolute Gasteiger partial charge is 0.159 e. The van der Waals surface area contributed by atoms with Gasteiger partial charge in [-0.3, -0.25) is 0 Å². The Labute approximate surface area is 141 Å². The lowest BCUT2D eigenvalue weighted by Gasteiger charge is -2.25. The number of rotatable bonds is 7. The minimum Gasteiger partial charge on any atom is -0.496 e. The van der Waals surface area contributed by atoms with E-state index in [2.05, 4.69) is 5.32 Å². The third-order valence-electron chi connectivity index (χ3n) is 4.02. The number of methoxy groups -OCH3 is 1. The number of halogens is 2. The average Bonchev–Trinajstić information content (AvgIpc) is 2.57. The first-order valence-electron chi connectivity index (χ1n) is 7.93. The summed E-state index contributed by atoms with van der Waals surface area (Å²) in [6.45, 7) is 3.81. The van der Waals surface area contributed by atoms with Gasteiger partial charge in [-0.25, -0.2) is 8.78 Å². The number of nitrogens with one attached hydrogen (secondary N) is 1. The van der Waals surface area contributed by atoms with Gasteiger partial charge in [0.1, 0.15) is 5.75 Å². The summed E-state index contributed by atoms with van der Waals surface area (Å²) >= 11 is 0. The van der Waals surface area contributed by atoms with Gasteiger partial charge in [0, 0.05) is 12.1 Å². The molecule has 0 bridgehead atoms. The fraction of sp³-hybridized carbons (Fsp3) is 0.368. The molecule has 3 nitrogen and oxygen atoms in total. The van der Waals surface area contributed by atoms with E-state index in [1.54, 1.807) is 7.11 Å². The van der Waals surface area contributed by atoms with Gasteiger partial charge in [-0.05, 0) is 49.6 Å². The average molecular weight is 335 g/mol. The first kappa shape index (κ1) is 18.4. The van der Waals surface area contributed by atoms with E-state index in [-0.39, 0.29) is 12.1 Å². The molecule has 0 fully saturated rings. The molecule has 2 aromatic carbocycles. The molecule has 3 unspecified atom stereocenters. The molecule has 3 atom stereocenters.